The molecule has 3 N–H and O–H groups in total. The zero-order chi connectivity index (χ0) is 26.1. The van der Waals surface area contributed by atoms with E-state index in [1.807, 2.05) is 60.7 Å². The predicted molar refractivity (Wildman–Crippen MR) is 146 cm³/mol. The number of likely N-dealkylation sites (tertiary alicyclic amines) is 1. The van der Waals surface area contributed by atoms with Crippen LogP contribution in [-0.4, -0.2) is 58.9 Å². The number of aliphatic hydroxyl groups excluding tert-OH is 1. The summed E-state index contributed by atoms with van der Waals surface area (Å²) in [7, 11) is 0. The molecule has 1 saturated heterocycles. The number of halogens is 1. The number of quaternary nitrogens is 1. The second-order valence-electron chi connectivity index (χ2n) is 10.2. The molecule has 2 atom stereocenters. The van der Waals surface area contributed by atoms with Crippen LogP contribution in [0.5, 0.6) is 0 Å². The van der Waals surface area contributed by atoms with Gasteiger partial charge in [-0.3, -0.25) is 4.79 Å². The minimum absolute atomic E-state index is 0. The molecule has 1 aliphatic heterocycles. The van der Waals surface area contributed by atoms with Crippen molar-refractivity contribution in [3.8, 4) is 0 Å². The number of hydrogen-bond donors (Lipinski definition) is 3. The Bertz CT molecular complexity index is 1040. The Balaban J connectivity index is 0.00000400. The lowest BCUT2D eigenvalue weighted by Gasteiger charge is -2.38. The summed E-state index contributed by atoms with van der Waals surface area (Å²) in [5.74, 6) is -0.878. The maximum Gasteiger partial charge on any atom is 0.408 e. The number of alkyl carbamates (subject to hydrolysis) is 1. The van der Waals surface area contributed by atoms with Gasteiger partial charge in [0, 0.05) is 25.3 Å². The zero-order valence-electron chi connectivity index (χ0n) is 21.7. The van der Waals surface area contributed by atoms with Crippen LogP contribution >= 0.6 is 12.4 Å². The summed E-state index contributed by atoms with van der Waals surface area (Å²) in [5.41, 5.74) is 1.70. The summed E-state index contributed by atoms with van der Waals surface area (Å²) in [6, 6.07) is 17.8. The van der Waals surface area contributed by atoms with Crippen molar-refractivity contribution < 1.29 is 28.7 Å². The van der Waals surface area contributed by atoms with Gasteiger partial charge in [0.1, 0.15) is 6.61 Å². The number of hydrogen-bond acceptors (Lipinski definition) is 5. The van der Waals surface area contributed by atoms with E-state index in [-0.39, 0.29) is 41.9 Å². The number of ether oxygens (including phenoxy) is 1. The summed E-state index contributed by atoms with van der Waals surface area (Å²) >= 11 is 0. The third-order valence-corrected chi connectivity index (χ3v) is 7.54. The van der Waals surface area contributed by atoms with Crippen molar-refractivity contribution in [1.82, 2.24) is 10.6 Å². The van der Waals surface area contributed by atoms with Crippen LogP contribution in [0.3, 0.4) is 0 Å². The monoisotopic (exact) mass is 544 g/mol. The highest BCUT2D eigenvalue weighted by atomic mass is 35.5. The van der Waals surface area contributed by atoms with Crippen molar-refractivity contribution in [1.29, 1.82) is 0 Å². The molecule has 9 heteroatoms. The molecule has 1 saturated carbocycles. The third-order valence-electron chi connectivity index (χ3n) is 7.54. The molecule has 2 aromatic rings. The molecule has 2 aromatic carbocycles. The van der Waals surface area contributed by atoms with Crippen molar-refractivity contribution in [3.05, 3.63) is 71.8 Å². The predicted octanol–water partition coefficient (Wildman–Crippen LogP) is 3.85. The van der Waals surface area contributed by atoms with E-state index in [4.69, 9.17) is 4.74 Å². The van der Waals surface area contributed by atoms with Crippen LogP contribution in [0.4, 0.5) is 4.79 Å². The van der Waals surface area contributed by atoms with Gasteiger partial charge in [0.25, 0.3) is 6.23 Å². The molecule has 0 radical (unpaired) electrons. The Kier molecular flexibility index (Phi) is 11.1. The van der Waals surface area contributed by atoms with Crippen molar-refractivity contribution in [2.75, 3.05) is 13.1 Å². The molecule has 38 heavy (non-hydrogen) atoms. The number of carbonyl (C=O) groups excluding carboxylic acids is 3. The summed E-state index contributed by atoms with van der Waals surface area (Å²) in [5, 5.41) is 17.0. The molecular formula is C29H39ClN3O5+. The van der Waals surface area contributed by atoms with E-state index in [0.717, 1.165) is 56.1 Å². The lowest BCUT2D eigenvalue weighted by Crippen LogP contribution is -2.67. The number of carbonyl (C=O) groups is 3. The minimum atomic E-state index is -1.52. The van der Waals surface area contributed by atoms with Crippen LogP contribution in [0.15, 0.2) is 60.7 Å². The Morgan fingerprint density at radius 2 is 1.45 bits per heavy atom. The fourth-order valence-electron chi connectivity index (χ4n) is 5.50. The molecule has 4 rings (SSSR count). The van der Waals surface area contributed by atoms with Crippen molar-refractivity contribution in [3.63, 3.8) is 0 Å². The van der Waals surface area contributed by atoms with Gasteiger partial charge in [-0.2, -0.15) is 0 Å². The zero-order valence-corrected chi connectivity index (χ0v) is 22.5. The average Bonchev–Trinajstić information content (AvgIpc) is 3.43. The summed E-state index contributed by atoms with van der Waals surface area (Å²) in [4.78, 5) is 40.0. The molecule has 2 unspecified atom stereocenters. The number of nitrogens with one attached hydrogen (secondary N) is 2. The second-order valence-corrected chi connectivity index (χ2v) is 10.2. The molecular weight excluding hydrogens is 506 g/mol. The Morgan fingerprint density at radius 1 is 0.868 bits per heavy atom. The van der Waals surface area contributed by atoms with E-state index in [1.54, 1.807) is 0 Å². The molecule has 0 spiro atoms. The second kappa shape index (κ2) is 14.3. The van der Waals surface area contributed by atoms with E-state index < -0.39 is 24.3 Å². The van der Waals surface area contributed by atoms with Crippen LogP contribution < -0.4 is 10.6 Å². The Labute approximate surface area is 230 Å². The van der Waals surface area contributed by atoms with Gasteiger partial charge in [0.2, 0.25) is 0 Å². The normalized spacial score (nSPS) is 18.4. The summed E-state index contributed by atoms with van der Waals surface area (Å²) in [6.45, 7) is 0.777. The topological polar surface area (TPSA) is 105 Å². The highest BCUT2D eigenvalue weighted by molar-refractivity contribution is 5.86. The van der Waals surface area contributed by atoms with Crippen LogP contribution in [0.2, 0.25) is 0 Å². The van der Waals surface area contributed by atoms with E-state index in [9.17, 15) is 19.5 Å². The third kappa shape index (κ3) is 7.56. The first-order valence-corrected chi connectivity index (χ1v) is 13.4. The molecule has 0 aromatic heterocycles. The van der Waals surface area contributed by atoms with Crippen molar-refractivity contribution in [2.24, 2.45) is 0 Å². The fourth-order valence-corrected chi connectivity index (χ4v) is 5.50. The first-order valence-electron chi connectivity index (χ1n) is 13.4. The Hall–Kier alpha value is -2.94. The number of aliphatic hydroxyl groups is 1. The van der Waals surface area contributed by atoms with E-state index in [2.05, 4.69) is 10.6 Å². The first-order chi connectivity index (χ1) is 18.0. The fraction of sp³-hybridized carbons (Fsp3) is 0.483. The molecule has 2 aliphatic rings. The van der Waals surface area contributed by atoms with Gasteiger partial charge >= 0.3 is 17.9 Å². The summed E-state index contributed by atoms with van der Waals surface area (Å²) in [6.07, 6.45) is 4.47. The minimum Gasteiger partial charge on any atom is -0.445 e. The van der Waals surface area contributed by atoms with Gasteiger partial charge in [0.05, 0.1) is 13.1 Å². The molecule has 1 heterocycles. The largest absolute Gasteiger partial charge is 0.445 e. The molecule has 3 amide bonds. The Morgan fingerprint density at radius 3 is 2.05 bits per heavy atom. The number of benzene rings is 2. The van der Waals surface area contributed by atoms with Crippen LogP contribution in [0, 0.1) is 0 Å². The quantitative estimate of drug-likeness (QED) is 0.416. The first kappa shape index (κ1) is 29.6. The molecule has 206 valence electrons. The van der Waals surface area contributed by atoms with Gasteiger partial charge in [-0.15, -0.1) is 12.4 Å². The van der Waals surface area contributed by atoms with Gasteiger partial charge in [-0.1, -0.05) is 79.9 Å². The molecule has 2 fully saturated rings. The number of nitrogens with zero attached hydrogens (tertiary/aromatic N) is 1. The van der Waals surface area contributed by atoms with Crippen LogP contribution in [0.1, 0.15) is 56.1 Å². The average molecular weight is 545 g/mol. The van der Waals surface area contributed by atoms with Crippen LogP contribution in [0.25, 0.3) is 0 Å². The molecule has 8 nitrogen and oxygen atoms in total. The van der Waals surface area contributed by atoms with Gasteiger partial charge in [-0.25, -0.2) is 14.1 Å². The highest BCUT2D eigenvalue weighted by Gasteiger charge is 2.52. The smallest absolute Gasteiger partial charge is 0.408 e. The lowest BCUT2D eigenvalue weighted by molar-refractivity contribution is -0.881. The maximum absolute atomic E-state index is 14.1. The van der Waals surface area contributed by atoms with Crippen molar-refractivity contribution in [2.45, 2.75) is 76.3 Å². The maximum atomic E-state index is 14.1. The highest BCUT2D eigenvalue weighted by Crippen LogP contribution is 2.27. The van der Waals surface area contributed by atoms with E-state index in [0.29, 0.717) is 13.1 Å². The van der Waals surface area contributed by atoms with E-state index >= 15 is 0 Å². The van der Waals surface area contributed by atoms with Gasteiger partial charge in [0.15, 0.2) is 6.04 Å². The number of amides is 3. The molecule has 0 bridgehead atoms. The van der Waals surface area contributed by atoms with Crippen molar-refractivity contribution >= 4 is 30.3 Å². The standard InChI is InChI=1S/C29H37N3O5.ClH/c33-26(30-24-16-8-3-9-17-24)28(35)32(18-10-11-19-32)27(34)25(20-22-12-4-1-5-13-22)31-29(36)37-21-23-14-6-2-7-15-23;/h1-2,4-7,12-15,24-25,28,35H,3,8-11,16-21H2,(H-,30,31,33,36);1H/p+1. The molecule has 1 aliphatic carbocycles. The number of rotatable bonds is 9. The van der Waals surface area contributed by atoms with Crippen LogP contribution in [-0.2, 0) is 27.4 Å². The van der Waals surface area contributed by atoms with E-state index in [1.165, 1.54) is 0 Å². The van der Waals surface area contributed by atoms with Gasteiger partial charge < -0.3 is 20.5 Å². The SMILES string of the molecule is Cl.O=C(NC(Cc1ccccc1)C(=O)[N+]1(C(O)C(=O)NC2CCCCC2)CCCC1)OCc1ccccc1. The lowest BCUT2D eigenvalue weighted by atomic mass is 9.95. The summed E-state index contributed by atoms with van der Waals surface area (Å²) < 4.78 is 5.02. The van der Waals surface area contributed by atoms with Gasteiger partial charge in [-0.05, 0) is 24.0 Å².